The van der Waals surface area contributed by atoms with E-state index in [2.05, 4.69) is 12.2 Å². The Morgan fingerprint density at radius 1 is 1.36 bits per heavy atom. The lowest BCUT2D eigenvalue weighted by molar-refractivity contribution is -0.123. The summed E-state index contributed by atoms with van der Waals surface area (Å²) in [6.07, 6.45) is 5.43. The molecule has 4 atom stereocenters. The Balaban J connectivity index is 1.76. The van der Waals surface area contributed by atoms with Gasteiger partial charge in [-0.2, -0.15) is 0 Å². The summed E-state index contributed by atoms with van der Waals surface area (Å²) in [7, 11) is 0. The van der Waals surface area contributed by atoms with E-state index in [1.807, 2.05) is 0 Å². The van der Waals surface area contributed by atoms with Crippen LogP contribution in [0.3, 0.4) is 0 Å². The molecule has 2 saturated carbocycles. The molecule has 3 heteroatoms. The van der Waals surface area contributed by atoms with E-state index in [1.54, 1.807) is 0 Å². The smallest absolute Gasteiger partial charge is 0.223 e. The normalized spacial score (nSPS) is 41.9. The van der Waals surface area contributed by atoms with Gasteiger partial charge in [-0.1, -0.05) is 6.92 Å². The van der Waals surface area contributed by atoms with Crippen molar-refractivity contribution < 1.29 is 4.79 Å². The number of amides is 1. The molecule has 0 aromatic carbocycles. The molecule has 0 spiro atoms. The van der Waals surface area contributed by atoms with Crippen LogP contribution in [-0.4, -0.2) is 18.0 Å². The van der Waals surface area contributed by atoms with Gasteiger partial charge in [-0.15, -0.1) is 0 Å². The molecule has 14 heavy (non-hydrogen) atoms. The molecule has 2 fully saturated rings. The van der Waals surface area contributed by atoms with Crippen LogP contribution in [0.15, 0.2) is 0 Å². The average Bonchev–Trinajstić information content (AvgIpc) is 2.82. The van der Waals surface area contributed by atoms with Crippen molar-refractivity contribution >= 4 is 5.91 Å². The molecule has 0 saturated heterocycles. The van der Waals surface area contributed by atoms with E-state index < -0.39 is 0 Å². The lowest BCUT2D eigenvalue weighted by Gasteiger charge is -2.27. The van der Waals surface area contributed by atoms with Gasteiger partial charge in [0.15, 0.2) is 0 Å². The molecule has 3 N–H and O–H groups in total. The van der Waals surface area contributed by atoms with Gasteiger partial charge in [0.1, 0.15) is 0 Å². The minimum Gasteiger partial charge on any atom is -0.353 e. The third kappa shape index (κ3) is 2.27. The summed E-state index contributed by atoms with van der Waals surface area (Å²) in [5, 5.41) is 3.12. The minimum atomic E-state index is 0.261. The van der Waals surface area contributed by atoms with Crippen LogP contribution in [0.5, 0.6) is 0 Å². The van der Waals surface area contributed by atoms with Crippen LogP contribution in [0.2, 0.25) is 0 Å². The van der Waals surface area contributed by atoms with Crippen LogP contribution in [0.4, 0.5) is 0 Å². The first-order valence-corrected chi connectivity index (χ1v) is 5.72. The van der Waals surface area contributed by atoms with E-state index in [0.717, 1.165) is 32.1 Å². The first-order valence-electron chi connectivity index (χ1n) is 5.72. The first-order chi connectivity index (χ1) is 6.66. The fraction of sp³-hybridized carbons (Fsp3) is 0.909. The molecule has 80 valence electrons. The Hall–Kier alpha value is -0.570. The van der Waals surface area contributed by atoms with E-state index >= 15 is 0 Å². The van der Waals surface area contributed by atoms with Gasteiger partial charge < -0.3 is 11.1 Å². The summed E-state index contributed by atoms with van der Waals surface area (Å²) < 4.78 is 0. The third-order valence-corrected chi connectivity index (χ3v) is 3.51. The van der Waals surface area contributed by atoms with Crippen LogP contribution in [0, 0.1) is 11.8 Å². The lowest BCUT2D eigenvalue weighted by atomic mass is 9.91. The minimum absolute atomic E-state index is 0.261. The van der Waals surface area contributed by atoms with E-state index in [0.29, 0.717) is 23.9 Å². The number of nitrogens with two attached hydrogens (primary N) is 1. The molecular formula is C11H20N2O. The van der Waals surface area contributed by atoms with Gasteiger partial charge in [0.05, 0.1) is 0 Å². The maximum Gasteiger partial charge on any atom is 0.223 e. The molecule has 2 aliphatic carbocycles. The quantitative estimate of drug-likeness (QED) is 0.693. The summed E-state index contributed by atoms with van der Waals surface area (Å²) >= 11 is 0. The largest absolute Gasteiger partial charge is 0.353 e. The molecule has 1 amide bonds. The summed E-state index contributed by atoms with van der Waals surface area (Å²) in [6.45, 7) is 2.14. The van der Waals surface area contributed by atoms with E-state index in [-0.39, 0.29) is 5.91 Å². The highest BCUT2D eigenvalue weighted by atomic mass is 16.2. The third-order valence-electron chi connectivity index (χ3n) is 3.51. The zero-order valence-electron chi connectivity index (χ0n) is 8.83. The molecule has 0 aliphatic heterocycles. The Labute approximate surface area is 85.4 Å². The number of hydrogen-bond acceptors (Lipinski definition) is 2. The fourth-order valence-electron chi connectivity index (χ4n) is 2.35. The number of carbonyl (C=O) groups is 1. The number of carbonyl (C=O) groups excluding carboxylic acids is 1. The van der Waals surface area contributed by atoms with Gasteiger partial charge >= 0.3 is 0 Å². The molecule has 0 bridgehead atoms. The number of hydrogen-bond donors (Lipinski definition) is 2. The topological polar surface area (TPSA) is 55.1 Å². The van der Waals surface area contributed by atoms with Gasteiger partial charge in [-0.25, -0.2) is 0 Å². The maximum absolute atomic E-state index is 11.6. The molecule has 0 aromatic heterocycles. The van der Waals surface area contributed by atoms with Gasteiger partial charge in [-0.05, 0) is 38.0 Å². The van der Waals surface area contributed by atoms with Crippen LogP contribution < -0.4 is 11.1 Å². The second-order valence-corrected chi connectivity index (χ2v) is 4.95. The highest BCUT2D eigenvalue weighted by Crippen LogP contribution is 2.38. The standard InChI is InChI=1S/C11H20N2O/c1-7-5-10(7)11(14)13-9-4-2-3-8(12)6-9/h7-10H,2-6,12H2,1H3,(H,13,14). The lowest BCUT2D eigenvalue weighted by Crippen LogP contribution is -2.42. The molecule has 4 unspecified atom stereocenters. The summed E-state index contributed by atoms with van der Waals surface area (Å²) in [6, 6.07) is 0.643. The van der Waals surface area contributed by atoms with Gasteiger partial charge in [0.25, 0.3) is 0 Å². The van der Waals surface area contributed by atoms with Crippen molar-refractivity contribution in [2.45, 2.75) is 51.1 Å². The van der Waals surface area contributed by atoms with Gasteiger partial charge in [-0.3, -0.25) is 4.79 Å². The van der Waals surface area contributed by atoms with Crippen molar-refractivity contribution in [1.82, 2.24) is 5.32 Å². The van der Waals surface area contributed by atoms with Crippen molar-refractivity contribution in [2.75, 3.05) is 0 Å². The molecule has 0 aromatic rings. The molecule has 0 radical (unpaired) electrons. The van der Waals surface area contributed by atoms with Crippen molar-refractivity contribution in [3.05, 3.63) is 0 Å². The van der Waals surface area contributed by atoms with Crippen molar-refractivity contribution in [3.63, 3.8) is 0 Å². The monoisotopic (exact) mass is 196 g/mol. The molecule has 2 rings (SSSR count). The highest BCUT2D eigenvalue weighted by molar-refractivity contribution is 5.81. The van der Waals surface area contributed by atoms with Crippen molar-refractivity contribution in [3.8, 4) is 0 Å². The highest BCUT2D eigenvalue weighted by Gasteiger charge is 2.39. The zero-order valence-corrected chi connectivity index (χ0v) is 8.83. The molecule has 0 heterocycles. The average molecular weight is 196 g/mol. The van der Waals surface area contributed by atoms with Gasteiger partial charge in [0, 0.05) is 18.0 Å². The Kier molecular flexibility index (Phi) is 2.77. The molecule has 3 nitrogen and oxygen atoms in total. The second kappa shape index (κ2) is 3.89. The van der Waals surface area contributed by atoms with Crippen LogP contribution in [-0.2, 0) is 4.79 Å². The fourth-order valence-corrected chi connectivity index (χ4v) is 2.35. The first kappa shape index (κ1) is 9.97. The predicted molar refractivity (Wildman–Crippen MR) is 55.6 cm³/mol. The SMILES string of the molecule is CC1CC1C(=O)NC1CCCC(N)C1. The maximum atomic E-state index is 11.6. The number of nitrogens with one attached hydrogen (secondary N) is 1. The van der Waals surface area contributed by atoms with E-state index in [4.69, 9.17) is 5.73 Å². The Bertz CT molecular complexity index is 229. The predicted octanol–water partition coefficient (Wildman–Crippen LogP) is 1.03. The molecule has 2 aliphatic rings. The zero-order chi connectivity index (χ0) is 10.1. The van der Waals surface area contributed by atoms with Gasteiger partial charge in [0.2, 0.25) is 5.91 Å². The Morgan fingerprint density at radius 3 is 2.64 bits per heavy atom. The van der Waals surface area contributed by atoms with Crippen LogP contribution in [0.25, 0.3) is 0 Å². The van der Waals surface area contributed by atoms with Crippen molar-refractivity contribution in [2.24, 2.45) is 17.6 Å². The second-order valence-electron chi connectivity index (χ2n) is 4.95. The number of rotatable bonds is 2. The van der Waals surface area contributed by atoms with Crippen LogP contribution >= 0.6 is 0 Å². The van der Waals surface area contributed by atoms with Crippen molar-refractivity contribution in [1.29, 1.82) is 0 Å². The summed E-state index contributed by atoms with van der Waals surface area (Å²) in [4.78, 5) is 11.6. The summed E-state index contributed by atoms with van der Waals surface area (Å²) in [5.41, 5.74) is 5.87. The van der Waals surface area contributed by atoms with E-state index in [1.165, 1.54) is 0 Å². The van der Waals surface area contributed by atoms with E-state index in [9.17, 15) is 4.79 Å². The molecular weight excluding hydrogens is 176 g/mol. The summed E-state index contributed by atoms with van der Waals surface area (Å²) in [5.74, 6) is 1.16. The Morgan fingerprint density at radius 2 is 2.07 bits per heavy atom. The van der Waals surface area contributed by atoms with Crippen LogP contribution in [0.1, 0.15) is 39.0 Å².